The first-order chi connectivity index (χ1) is 6.79. The van der Waals surface area contributed by atoms with Crippen LogP contribution in [0.15, 0.2) is 0 Å². The van der Waals surface area contributed by atoms with Gasteiger partial charge in [0.15, 0.2) is 0 Å². The van der Waals surface area contributed by atoms with Gasteiger partial charge >= 0.3 is 0 Å². The molecule has 3 unspecified atom stereocenters. The number of nitrogens with one attached hydrogen (secondary N) is 1. The average Bonchev–Trinajstić information content (AvgIpc) is 2.76. The highest BCUT2D eigenvalue weighted by Gasteiger charge is 2.31. The van der Waals surface area contributed by atoms with Crippen molar-refractivity contribution in [3.63, 3.8) is 0 Å². The minimum atomic E-state index is -0.0820. The van der Waals surface area contributed by atoms with Gasteiger partial charge in [-0.3, -0.25) is 4.90 Å². The largest absolute Gasteiger partial charge is 0.391 e. The normalized spacial score (nSPS) is 39.4. The quantitative estimate of drug-likeness (QED) is 0.691. The lowest BCUT2D eigenvalue weighted by atomic mass is 10.0. The minimum Gasteiger partial charge on any atom is -0.391 e. The molecule has 2 aliphatic heterocycles. The number of aliphatic hydroxyl groups is 1. The summed E-state index contributed by atoms with van der Waals surface area (Å²) in [4.78, 5) is 2.42. The third kappa shape index (κ3) is 2.27. The summed E-state index contributed by atoms with van der Waals surface area (Å²) >= 11 is 0. The van der Waals surface area contributed by atoms with Gasteiger partial charge in [0.1, 0.15) is 0 Å². The van der Waals surface area contributed by atoms with Crippen LogP contribution in [0.1, 0.15) is 26.2 Å². The van der Waals surface area contributed by atoms with Gasteiger partial charge in [-0.25, -0.2) is 0 Å². The molecule has 0 spiro atoms. The molecule has 2 rings (SSSR count). The van der Waals surface area contributed by atoms with Gasteiger partial charge in [0.2, 0.25) is 0 Å². The summed E-state index contributed by atoms with van der Waals surface area (Å²) in [5.41, 5.74) is 0. The molecule has 0 aliphatic carbocycles. The summed E-state index contributed by atoms with van der Waals surface area (Å²) in [5.74, 6) is 0.511. The first-order valence-electron chi connectivity index (χ1n) is 5.93. The highest BCUT2D eigenvalue weighted by molar-refractivity contribution is 4.86. The van der Waals surface area contributed by atoms with Crippen LogP contribution in [-0.2, 0) is 0 Å². The van der Waals surface area contributed by atoms with Gasteiger partial charge in [-0.1, -0.05) is 6.92 Å². The fourth-order valence-corrected chi connectivity index (χ4v) is 2.72. The maximum atomic E-state index is 9.77. The van der Waals surface area contributed by atoms with Crippen molar-refractivity contribution in [2.24, 2.45) is 5.92 Å². The zero-order valence-corrected chi connectivity index (χ0v) is 9.08. The summed E-state index contributed by atoms with van der Waals surface area (Å²) in [6, 6.07) is 0.679. The second-order valence-corrected chi connectivity index (χ2v) is 4.75. The van der Waals surface area contributed by atoms with Gasteiger partial charge in [-0.2, -0.15) is 0 Å². The van der Waals surface area contributed by atoms with E-state index in [1.807, 2.05) is 0 Å². The standard InChI is InChI=1S/C11H22N2O/c1-2-9-6-13(8-11(9)14)7-10-4-3-5-12-10/h9-12,14H,2-8H2,1H3. The first kappa shape index (κ1) is 10.4. The van der Waals surface area contributed by atoms with E-state index in [2.05, 4.69) is 17.1 Å². The van der Waals surface area contributed by atoms with Gasteiger partial charge in [0, 0.05) is 25.7 Å². The Morgan fingerprint density at radius 2 is 2.29 bits per heavy atom. The molecule has 0 aromatic rings. The summed E-state index contributed by atoms with van der Waals surface area (Å²) < 4.78 is 0. The molecule has 2 heterocycles. The van der Waals surface area contributed by atoms with Crippen molar-refractivity contribution >= 4 is 0 Å². The smallest absolute Gasteiger partial charge is 0.0707 e. The van der Waals surface area contributed by atoms with E-state index in [4.69, 9.17) is 0 Å². The third-order valence-corrected chi connectivity index (χ3v) is 3.65. The SMILES string of the molecule is CCC1CN(CC2CCCN2)CC1O. The summed E-state index contributed by atoms with van der Waals surface area (Å²) in [5, 5.41) is 13.3. The molecular weight excluding hydrogens is 176 g/mol. The Morgan fingerprint density at radius 3 is 2.86 bits per heavy atom. The molecule has 82 valence electrons. The molecule has 2 aliphatic rings. The molecule has 0 radical (unpaired) electrons. The van der Waals surface area contributed by atoms with Crippen molar-refractivity contribution in [3.8, 4) is 0 Å². The van der Waals surface area contributed by atoms with Crippen LogP contribution in [0.5, 0.6) is 0 Å². The second kappa shape index (κ2) is 4.60. The highest BCUT2D eigenvalue weighted by atomic mass is 16.3. The van der Waals surface area contributed by atoms with Crippen LogP contribution in [0.2, 0.25) is 0 Å². The van der Waals surface area contributed by atoms with Gasteiger partial charge in [-0.05, 0) is 31.7 Å². The van der Waals surface area contributed by atoms with E-state index in [1.165, 1.54) is 19.4 Å². The number of likely N-dealkylation sites (tertiary alicyclic amines) is 1. The molecular formula is C11H22N2O. The molecule has 3 nitrogen and oxygen atoms in total. The predicted molar refractivity (Wildman–Crippen MR) is 57.3 cm³/mol. The Morgan fingerprint density at radius 1 is 1.43 bits per heavy atom. The van der Waals surface area contributed by atoms with E-state index in [1.54, 1.807) is 0 Å². The van der Waals surface area contributed by atoms with E-state index in [0.717, 1.165) is 26.1 Å². The van der Waals surface area contributed by atoms with Crippen molar-refractivity contribution in [2.45, 2.75) is 38.3 Å². The van der Waals surface area contributed by atoms with E-state index in [0.29, 0.717) is 12.0 Å². The Hall–Kier alpha value is -0.120. The third-order valence-electron chi connectivity index (χ3n) is 3.65. The van der Waals surface area contributed by atoms with Crippen molar-refractivity contribution < 1.29 is 5.11 Å². The van der Waals surface area contributed by atoms with Crippen LogP contribution < -0.4 is 5.32 Å². The highest BCUT2D eigenvalue weighted by Crippen LogP contribution is 2.20. The molecule has 0 saturated carbocycles. The van der Waals surface area contributed by atoms with Crippen molar-refractivity contribution in [1.29, 1.82) is 0 Å². The van der Waals surface area contributed by atoms with Gasteiger partial charge in [0.05, 0.1) is 6.10 Å². The van der Waals surface area contributed by atoms with Crippen LogP contribution >= 0.6 is 0 Å². The Balaban J connectivity index is 1.77. The van der Waals surface area contributed by atoms with Crippen LogP contribution in [-0.4, -0.2) is 48.3 Å². The molecule has 3 heteroatoms. The monoisotopic (exact) mass is 198 g/mol. The van der Waals surface area contributed by atoms with Gasteiger partial charge < -0.3 is 10.4 Å². The second-order valence-electron chi connectivity index (χ2n) is 4.75. The van der Waals surface area contributed by atoms with E-state index < -0.39 is 0 Å². The van der Waals surface area contributed by atoms with E-state index in [-0.39, 0.29) is 6.10 Å². The lowest BCUT2D eigenvalue weighted by Crippen LogP contribution is -2.36. The molecule has 0 aromatic carbocycles. The van der Waals surface area contributed by atoms with Crippen molar-refractivity contribution in [3.05, 3.63) is 0 Å². The molecule has 2 N–H and O–H groups in total. The summed E-state index contributed by atoms with van der Waals surface area (Å²) in [6.45, 7) is 6.46. The number of rotatable bonds is 3. The Bertz CT molecular complexity index is 180. The molecule has 0 bridgehead atoms. The van der Waals surface area contributed by atoms with Crippen molar-refractivity contribution in [2.75, 3.05) is 26.2 Å². The minimum absolute atomic E-state index is 0.0820. The van der Waals surface area contributed by atoms with Gasteiger partial charge in [0.25, 0.3) is 0 Å². The average molecular weight is 198 g/mol. The molecule has 2 saturated heterocycles. The lowest BCUT2D eigenvalue weighted by Gasteiger charge is -2.20. The summed E-state index contributed by atoms with van der Waals surface area (Å²) in [6.07, 6.45) is 3.65. The molecule has 3 atom stereocenters. The first-order valence-corrected chi connectivity index (χ1v) is 5.93. The fourth-order valence-electron chi connectivity index (χ4n) is 2.72. The van der Waals surface area contributed by atoms with Crippen LogP contribution in [0.3, 0.4) is 0 Å². The van der Waals surface area contributed by atoms with Crippen LogP contribution in [0.4, 0.5) is 0 Å². The van der Waals surface area contributed by atoms with E-state index >= 15 is 0 Å². The maximum absolute atomic E-state index is 9.77. The van der Waals surface area contributed by atoms with Gasteiger partial charge in [-0.15, -0.1) is 0 Å². The lowest BCUT2D eigenvalue weighted by molar-refractivity contribution is 0.139. The number of β-amino-alcohol motifs (C(OH)–C–C–N with tert-alkyl or cyclic N) is 1. The van der Waals surface area contributed by atoms with Crippen molar-refractivity contribution in [1.82, 2.24) is 10.2 Å². The Kier molecular flexibility index (Phi) is 3.42. The molecule has 0 aromatic heterocycles. The fraction of sp³-hybridized carbons (Fsp3) is 1.00. The van der Waals surface area contributed by atoms with E-state index in [9.17, 15) is 5.11 Å². The number of nitrogens with zero attached hydrogens (tertiary/aromatic N) is 1. The molecule has 2 fully saturated rings. The maximum Gasteiger partial charge on any atom is 0.0707 e. The summed E-state index contributed by atoms with van der Waals surface area (Å²) in [7, 11) is 0. The zero-order valence-electron chi connectivity index (χ0n) is 9.08. The molecule has 0 amide bonds. The number of aliphatic hydroxyl groups excluding tert-OH is 1. The number of hydrogen-bond donors (Lipinski definition) is 2. The van der Waals surface area contributed by atoms with Crippen LogP contribution in [0.25, 0.3) is 0 Å². The topological polar surface area (TPSA) is 35.5 Å². The van der Waals surface area contributed by atoms with Crippen LogP contribution in [0, 0.1) is 5.92 Å². The zero-order chi connectivity index (χ0) is 9.97. The Labute approximate surface area is 86.5 Å². The molecule has 14 heavy (non-hydrogen) atoms. The number of hydrogen-bond acceptors (Lipinski definition) is 3. The predicted octanol–water partition coefficient (Wildman–Crippen LogP) is 0.441.